The van der Waals surface area contributed by atoms with E-state index in [0.29, 0.717) is 4.48 Å². The predicted octanol–water partition coefficient (Wildman–Crippen LogP) is 3.47. The third kappa shape index (κ3) is 5.26. The number of nitrogens with one attached hydrogen (secondary N) is 1. The predicted molar refractivity (Wildman–Crippen MR) is 93.1 cm³/mol. The van der Waals surface area contributed by atoms with Gasteiger partial charge in [-0.05, 0) is 47.0 Å². The monoisotopic (exact) mass is 387 g/mol. The Balaban J connectivity index is 2.87. The largest absolute Gasteiger partial charge is 0.389 e. The second kappa shape index (κ2) is 7.94. The standard InChI is InChI=1S/C16H22BrNO3S/c1-5-12(3)16(19)10-15(17)13(4)18-22(20,21)14-8-6-11(2)7-9-14/h6-10,12,16,18-19H,4-5H2,1-3H3/b15-10+/t12-,16?/m0/s1. The van der Waals surface area contributed by atoms with Crippen molar-refractivity contribution in [3.63, 3.8) is 0 Å². The Hall–Kier alpha value is -1.11. The molecule has 0 aromatic heterocycles. The molecule has 2 atom stereocenters. The van der Waals surface area contributed by atoms with Crippen molar-refractivity contribution in [2.75, 3.05) is 0 Å². The number of aryl methyl sites for hydroxylation is 1. The number of hydrogen-bond donors (Lipinski definition) is 2. The van der Waals surface area contributed by atoms with Crippen LogP contribution in [0.15, 0.2) is 52.0 Å². The highest BCUT2D eigenvalue weighted by atomic mass is 79.9. The zero-order valence-electron chi connectivity index (χ0n) is 13.0. The summed E-state index contributed by atoms with van der Waals surface area (Å²) in [5.41, 5.74) is 1.17. The van der Waals surface area contributed by atoms with E-state index in [1.165, 1.54) is 12.1 Å². The summed E-state index contributed by atoms with van der Waals surface area (Å²) in [5.74, 6) is 0.0778. The molecular formula is C16H22BrNO3S. The molecule has 0 spiro atoms. The van der Waals surface area contributed by atoms with Crippen LogP contribution in [0.2, 0.25) is 0 Å². The molecule has 122 valence electrons. The molecule has 0 fully saturated rings. The van der Waals surface area contributed by atoms with Gasteiger partial charge in [-0.1, -0.05) is 44.5 Å². The number of halogens is 1. The molecule has 0 aliphatic heterocycles. The molecule has 0 saturated heterocycles. The van der Waals surface area contributed by atoms with Crippen molar-refractivity contribution < 1.29 is 13.5 Å². The summed E-state index contributed by atoms with van der Waals surface area (Å²) < 4.78 is 27.3. The van der Waals surface area contributed by atoms with Crippen molar-refractivity contribution in [2.45, 2.75) is 38.2 Å². The van der Waals surface area contributed by atoms with Crippen LogP contribution in [0.5, 0.6) is 0 Å². The van der Waals surface area contributed by atoms with Crippen LogP contribution in [0.3, 0.4) is 0 Å². The molecule has 22 heavy (non-hydrogen) atoms. The molecule has 0 amide bonds. The van der Waals surface area contributed by atoms with E-state index in [1.807, 2.05) is 20.8 Å². The van der Waals surface area contributed by atoms with E-state index in [9.17, 15) is 13.5 Å². The second-order valence-corrected chi connectivity index (χ2v) is 7.82. The number of allylic oxidation sites excluding steroid dienone is 1. The Bertz CT molecular complexity index is 650. The first-order chi connectivity index (χ1) is 10.2. The lowest BCUT2D eigenvalue weighted by Crippen LogP contribution is -2.23. The maximum Gasteiger partial charge on any atom is 0.261 e. The molecule has 4 nitrogen and oxygen atoms in total. The van der Waals surface area contributed by atoms with Gasteiger partial charge in [-0.25, -0.2) is 8.42 Å². The first-order valence-corrected chi connectivity index (χ1v) is 9.29. The Morgan fingerprint density at radius 3 is 2.45 bits per heavy atom. The van der Waals surface area contributed by atoms with Crippen LogP contribution in [0.1, 0.15) is 25.8 Å². The smallest absolute Gasteiger partial charge is 0.261 e. The molecule has 0 saturated carbocycles. The molecule has 0 aliphatic carbocycles. The average molecular weight is 388 g/mol. The molecule has 1 unspecified atom stereocenters. The van der Waals surface area contributed by atoms with E-state index >= 15 is 0 Å². The maximum absolute atomic E-state index is 12.3. The van der Waals surface area contributed by atoms with Crippen molar-refractivity contribution in [3.05, 3.63) is 52.7 Å². The van der Waals surface area contributed by atoms with Gasteiger partial charge in [0.2, 0.25) is 0 Å². The topological polar surface area (TPSA) is 66.4 Å². The molecule has 2 N–H and O–H groups in total. The van der Waals surface area contributed by atoms with E-state index < -0.39 is 16.1 Å². The summed E-state index contributed by atoms with van der Waals surface area (Å²) in [6.45, 7) is 9.49. The Kier molecular flexibility index (Phi) is 6.84. The van der Waals surface area contributed by atoms with Crippen LogP contribution in [-0.4, -0.2) is 19.6 Å². The molecule has 1 aromatic carbocycles. The van der Waals surface area contributed by atoms with Crippen LogP contribution in [0, 0.1) is 12.8 Å². The first kappa shape index (κ1) is 18.9. The Morgan fingerprint density at radius 1 is 1.41 bits per heavy atom. The van der Waals surface area contributed by atoms with Crippen molar-refractivity contribution >= 4 is 26.0 Å². The van der Waals surface area contributed by atoms with Gasteiger partial charge in [0.25, 0.3) is 10.0 Å². The van der Waals surface area contributed by atoms with Gasteiger partial charge >= 0.3 is 0 Å². The average Bonchev–Trinajstić information content (AvgIpc) is 2.46. The van der Waals surface area contributed by atoms with Crippen molar-refractivity contribution in [2.24, 2.45) is 5.92 Å². The zero-order valence-corrected chi connectivity index (χ0v) is 15.4. The summed E-state index contributed by atoms with van der Waals surface area (Å²) in [6, 6.07) is 6.54. The number of hydrogen-bond acceptors (Lipinski definition) is 3. The third-order valence-corrected chi connectivity index (χ3v) is 5.57. The molecule has 0 aliphatic rings. The van der Waals surface area contributed by atoms with Gasteiger partial charge in [0.05, 0.1) is 16.7 Å². The van der Waals surface area contributed by atoms with E-state index in [-0.39, 0.29) is 16.5 Å². The summed E-state index contributed by atoms with van der Waals surface area (Å²) in [7, 11) is -3.68. The highest BCUT2D eigenvalue weighted by Crippen LogP contribution is 2.20. The number of aliphatic hydroxyl groups excluding tert-OH is 1. The fourth-order valence-electron chi connectivity index (χ4n) is 1.64. The van der Waals surface area contributed by atoms with Crippen LogP contribution in [0.4, 0.5) is 0 Å². The molecule has 0 radical (unpaired) electrons. The summed E-state index contributed by atoms with van der Waals surface area (Å²) in [4.78, 5) is 0.169. The fraction of sp³-hybridized carbons (Fsp3) is 0.375. The minimum absolute atomic E-state index is 0.0778. The van der Waals surface area contributed by atoms with Crippen molar-refractivity contribution in [1.82, 2.24) is 4.72 Å². The second-order valence-electron chi connectivity index (χ2n) is 5.29. The number of aliphatic hydroxyl groups is 1. The van der Waals surface area contributed by atoms with Crippen molar-refractivity contribution in [3.8, 4) is 0 Å². The SMILES string of the molecule is C=C(NS(=O)(=O)c1ccc(C)cc1)/C(Br)=C\C(O)[C@@H](C)CC. The van der Waals surface area contributed by atoms with E-state index in [4.69, 9.17) is 0 Å². The maximum atomic E-state index is 12.3. The lowest BCUT2D eigenvalue weighted by Gasteiger charge is -2.15. The van der Waals surface area contributed by atoms with Gasteiger partial charge in [-0.15, -0.1) is 0 Å². The summed E-state index contributed by atoms with van der Waals surface area (Å²) in [6.07, 6.45) is 1.70. The number of benzene rings is 1. The van der Waals surface area contributed by atoms with Gasteiger partial charge in [-0.3, -0.25) is 4.72 Å². The lowest BCUT2D eigenvalue weighted by molar-refractivity contribution is 0.160. The van der Waals surface area contributed by atoms with Gasteiger partial charge in [0.1, 0.15) is 0 Å². The van der Waals surface area contributed by atoms with Crippen LogP contribution in [-0.2, 0) is 10.0 Å². The normalized spacial score (nSPS) is 15.2. The summed E-state index contributed by atoms with van der Waals surface area (Å²) in [5, 5.41) is 9.96. The molecule has 6 heteroatoms. The van der Waals surface area contributed by atoms with E-state index in [2.05, 4.69) is 27.2 Å². The molecule has 0 heterocycles. The molecule has 1 rings (SSSR count). The Morgan fingerprint density at radius 2 is 1.95 bits per heavy atom. The van der Waals surface area contributed by atoms with Crippen LogP contribution >= 0.6 is 15.9 Å². The number of sulfonamides is 1. The minimum atomic E-state index is -3.68. The van der Waals surface area contributed by atoms with Gasteiger partial charge in [0, 0.05) is 4.48 Å². The van der Waals surface area contributed by atoms with Gasteiger partial charge in [-0.2, -0.15) is 0 Å². The third-order valence-electron chi connectivity index (χ3n) is 3.42. The van der Waals surface area contributed by atoms with Crippen LogP contribution in [0.25, 0.3) is 0 Å². The fourth-order valence-corrected chi connectivity index (χ4v) is 3.19. The van der Waals surface area contributed by atoms with Crippen molar-refractivity contribution in [1.29, 1.82) is 0 Å². The highest BCUT2D eigenvalue weighted by Gasteiger charge is 2.17. The Labute approximate surface area is 141 Å². The number of rotatable bonds is 7. The quantitative estimate of drug-likeness (QED) is 0.703. The highest BCUT2D eigenvalue weighted by molar-refractivity contribution is 9.12. The molecule has 1 aromatic rings. The van der Waals surface area contributed by atoms with E-state index in [0.717, 1.165) is 12.0 Å². The zero-order chi connectivity index (χ0) is 16.9. The van der Waals surface area contributed by atoms with Gasteiger partial charge < -0.3 is 5.11 Å². The van der Waals surface area contributed by atoms with Gasteiger partial charge in [0.15, 0.2) is 0 Å². The molecular weight excluding hydrogens is 366 g/mol. The summed E-state index contributed by atoms with van der Waals surface area (Å²) >= 11 is 3.25. The first-order valence-electron chi connectivity index (χ1n) is 7.01. The minimum Gasteiger partial charge on any atom is -0.389 e. The molecule has 0 bridgehead atoms. The van der Waals surface area contributed by atoms with E-state index in [1.54, 1.807) is 18.2 Å². The lowest BCUT2D eigenvalue weighted by atomic mass is 10.0. The van der Waals surface area contributed by atoms with Crippen LogP contribution < -0.4 is 4.72 Å².